The van der Waals surface area contributed by atoms with Crippen molar-refractivity contribution < 1.29 is 4.74 Å². The van der Waals surface area contributed by atoms with Gasteiger partial charge in [0.15, 0.2) is 0 Å². The lowest BCUT2D eigenvalue weighted by Crippen LogP contribution is -2.36. The van der Waals surface area contributed by atoms with Crippen LogP contribution in [0, 0.1) is 12.8 Å². The first kappa shape index (κ1) is 14.4. The van der Waals surface area contributed by atoms with Gasteiger partial charge in [-0.1, -0.05) is 31.9 Å². The quantitative estimate of drug-likeness (QED) is 0.803. The predicted octanol–water partition coefficient (Wildman–Crippen LogP) is 3.93. The van der Waals surface area contributed by atoms with Crippen LogP contribution in [0.1, 0.15) is 44.6 Å². The largest absolute Gasteiger partial charge is 0.494 e. The van der Waals surface area contributed by atoms with E-state index < -0.39 is 0 Å². The summed E-state index contributed by atoms with van der Waals surface area (Å²) in [6.45, 7) is 6.18. The zero-order valence-electron chi connectivity index (χ0n) is 12.3. The Balaban J connectivity index is 1.78. The van der Waals surface area contributed by atoms with E-state index in [1.807, 2.05) is 6.07 Å². The van der Waals surface area contributed by atoms with Crippen molar-refractivity contribution in [3.8, 4) is 5.75 Å². The summed E-state index contributed by atoms with van der Waals surface area (Å²) in [7, 11) is 0. The van der Waals surface area contributed by atoms with Gasteiger partial charge in [0.25, 0.3) is 0 Å². The van der Waals surface area contributed by atoms with Crippen LogP contribution in [0.5, 0.6) is 5.75 Å². The van der Waals surface area contributed by atoms with Gasteiger partial charge in [-0.05, 0) is 56.3 Å². The van der Waals surface area contributed by atoms with Gasteiger partial charge in [-0.15, -0.1) is 0 Å². The molecular formula is C17H27NO. The Bertz CT molecular complexity index is 371. The predicted molar refractivity (Wildman–Crippen MR) is 80.7 cm³/mol. The van der Waals surface area contributed by atoms with Crippen LogP contribution >= 0.6 is 0 Å². The molecule has 0 aliphatic heterocycles. The molecule has 1 aliphatic carbocycles. The normalized spacial score (nSPS) is 17.6. The van der Waals surface area contributed by atoms with E-state index in [2.05, 4.69) is 37.4 Å². The highest BCUT2D eigenvalue weighted by Crippen LogP contribution is 2.29. The Morgan fingerprint density at radius 3 is 2.79 bits per heavy atom. The second-order valence-corrected chi connectivity index (χ2v) is 5.66. The molecule has 1 saturated carbocycles. The third kappa shape index (κ3) is 4.54. The molecule has 1 aliphatic rings. The van der Waals surface area contributed by atoms with Crippen LogP contribution in [0.15, 0.2) is 24.3 Å². The van der Waals surface area contributed by atoms with E-state index in [0.717, 1.165) is 31.2 Å². The summed E-state index contributed by atoms with van der Waals surface area (Å²) in [6.07, 6.45) is 6.72. The first-order valence-corrected chi connectivity index (χ1v) is 7.72. The van der Waals surface area contributed by atoms with Crippen LogP contribution in [-0.4, -0.2) is 19.2 Å². The standard InChI is InChI=1S/C17H27NO/c1-3-18-17(15-8-4-5-9-15)11-12-19-16-10-6-7-14(2)13-16/h6-7,10,13,15,17-18H,3-5,8-9,11-12H2,1-2H3. The van der Waals surface area contributed by atoms with Crippen molar-refractivity contribution in [3.63, 3.8) is 0 Å². The second kappa shape index (κ2) is 7.54. The Morgan fingerprint density at radius 2 is 2.11 bits per heavy atom. The molecular weight excluding hydrogens is 234 g/mol. The van der Waals surface area contributed by atoms with Crippen LogP contribution in [0.4, 0.5) is 0 Å². The van der Waals surface area contributed by atoms with Crippen molar-refractivity contribution >= 4 is 0 Å². The fraction of sp³-hybridized carbons (Fsp3) is 0.647. The van der Waals surface area contributed by atoms with Crippen LogP contribution < -0.4 is 10.1 Å². The molecule has 1 fully saturated rings. The Kier molecular flexibility index (Phi) is 5.71. The van der Waals surface area contributed by atoms with Gasteiger partial charge in [0, 0.05) is 6.04 Å². The maximum absolute atomic E-state index is 5.88. The van der Waals surface area contributed by atoms with Crippen molar-refractivity contribution in [2.75, 3.05) is 13.2 Å². The summed E-state index contributed by atoms with van der Waals surface area (Å²) >= 11 is 0. The minimum atomic E-state index is 0.636. The first-order chi connectivity index (χ1) is 9.29. The summed E-state index contributed by atoms with van der Waals surface area (Å²) in [4.78, 5) is 0. The van der Waals surface area contributed by atoms with Crippen molar-refractivity contribution in [1.82, 2.24) is 5.32 Å². The zero-order chi connectivity index (χ0) is 13.5. The molecule has 0 heterocycles. The topological polar surface area (TPSA) is 21.3 Å². The molecule has 0 aromatic heterocycles. The number of aryl methyl sites for hydroxylation is 1. The summed E-state index contributed by atoms with van der Waals surface area (Å²) in [6, 6.07) is 8.95. The average molecular weight is 261 g/mol. The minimum absolute atomic E-state index is 0.636. The van der Waals surface area contributed by atoms with Gasteiger partial charge in [-0.2, -0.15) is 0 Å². The first-order valence-electron chi connectivity index (χ1n) is 7.72. The van der Waals surface area contributed by atoms with E-state index in [1.54, 1.807) is 0 Å². The number of hydrogen-bond acceptors (Lipinski definition) is 2. The van der Waals surface area contributed by atoms with Crippen LogP contribution in [0.2, 0.25) is 0 Å². The van der Waals surface area contributed by atoms with E-state index in [9.17, 15) is 0 Å². The monoisotopic (exact) mass is 261 g/mol. The molecule has 0 bridgehead atoms. The highest BCUT2D eigenvalue weighted by molar-refractivity contribution is 5.27. The molecule has 1 N–H and O–H groups in total. The molecule has 1 aromatic carbocycles. The van der Waals surface area contributed by atoms with Gasteiger partial charge >= 0.3 is 0 Å². The SMILES string of the molecule is CCNC(CCOc1cccc(C)c1)C1CCCC1. The third-order valence-electron chi connectivity index (χ3n) is 4.12. The zero-order valence-corrected chi connectivity index (χ0v) is 12.3. The summed E-state index contributed by atoms with van der Waals surface area (Å²) in [5, 5.41) is 3.64. The molecule has 0 amide bonds. The second-order valence-electron chi connectivity index (χ2n) is 5.66. The Hall–Kier alpha value is -1.02. The van der Waals surface area contributed by atoms with Crippen molar-refractivity contribution in [2.45, 2.75) is 52.0 Å². The smallest absolute Gasteiger partial charge is 0.119 e. The maximum atomic E-state index is 5.88. The number of nitrogens with one attached hydrogen (secondary N) is 1. The summed E-state index contributed by atoms with van der Waals surface area (Å²) < 4.78 is 5.88. The van der Waals surface area contributed by atoms with Crippen molar-refractivity contribution in [1.29, 1.82) is 0 Å². The number of hydrogen-bond donors (Lipinski definition) is 1. The van der Waals surface area contributed by atoms with Gasteiger partial charge in [-0.3, -0.25) is 0 Å². The van der Waals surface area contributed by atoms with E-state index in [4.69, 9.17) is 4.74 Å². The molecule has 19 heavy (non-hydrogen) atoms. The molecule has 2 heteroatoms. The van der Waals surface area contributed by atoms with Gasteiger partial charge in [0.2, 0.25) is 0 Å². The summed E-state index contributed by atoms with van der Waals surface area (Å²) in [5.41, 5.74) is 1.26. The Morgan fingerprint density at radius 1 is 1.32 bits per heavy atom. The number of ether oxygens (including phenoxy) is 1. The molecule has 0 spiro atoms. The van der Waals surface area contributed by atoms with E-state index >= 15 is 0 Å². The van der Waals surface area contributed by atoms with E-state index in [-0.39, 0.29) is 0 Å². The molecule has 2 nitrogen and oxygen atoms in total. The van der Waals surface area contributed by atoms with Gasteiger partial charge < -0.3 is 10.1 Å². The maximum Gasteiger partial charge on any atom is 0.119 e. The number of benzene rings is 1. The molecule has 1 unspecified atom stereocenters. The molecule has 0 radical (unpaired) electrons. The van der Waals surface area contributed by atoms with Crippen LogP contribution in [-0.2, 0) is 0 Å². The molecule has 2 rings (SSSR count). The third-order valence-corrected chi connectivity index (χ3v) is 4.12. The minimum Gasteiger partial charge on any atom is -0.494 e. The van der Waals surface area contributed by atoms with Crippen LogP contribution in [0.25, 0.3) is 0 Å². The highest BCUT2D eigenvalue weighted by Gasteiger charge is 2.23. The lowest BCUT2D eigenvalue weighted by Gasteiger charge is -2.24. The van der Waals surface area contributed by atoms with Crippen molar-refractivity contribution in [3.05, 3.63) is 29.8 Å². The average Bonchev–Trinajstić information content (AvgIpc) is 2.91. The van der Waals surface area contributed by atoms with Gasteiger partial charge in [0.05, 0.1) is 6.61 Å². The van der Waals surface area contributed by atoms with Crippen molar-refractivity contribution in [2.24, 2.45) is 5.92 Å². The molecule has 1 atom stereocenters. The lowest BCUT2D eigenvalue weighted by molar-refractivity contribution is 0.253. The van der Waals surface area contributed by atoms with Gasteiger partial charge in [0.1, 0.15) is 5.75 Å². The van der Waals surface area contributed by atoms with E-state index in [1.165, 1.54) is 31.2 Å². The summed E-state index contributed by atoms with van der Waals surface area (Å²) in [5.74, 6) is 1.86. The molecule has 1 aromatic rings. The lowest BCUT2D eigenvalue weighted by atomic mass is 9.95. The highest BCUT2D eigenvalue weighted by atomic mass is 16.5. The number of rotatable bonds is 7. The fourth-order valence-electron chi connectivity index (χ4n) is 3.14. The molecule has 0 saturated heterocycles. The van der Waals surface area contributed by atoms with Crippen LogP contribution in [0.3, 0.4) is 0 Å². The Labute approximate surface area is 117 Å². The van der Waals surface area contributed by atoms with E-state index in [0.29, 0.717) is 6.04 Å². The fourth-order valence-corrected chi connectivity index (χ4v) is 3.14. The van der Waals surface area contributed by atoms with Gasteiger partial charge in [-0.25, -0.2) is 0 Å². The molecule has 106 valence electrons.